The van der Waals surface area contributed by atoms with Gasteiger partial charge in [0.15, 0.2) is 0 Å². The Morgan fingerprint density at radius 1 is 0.789 bits per heavy atom. The van der Waals surface area contributed by atoms with Gasteiger partial charge in [-0.05, 0) is 38.3 Å². The fourth-order valence-electron chi connectivity index (χ4n) is 2.43. The van der Waals surface area contributed by atoms with Crippen LogP contribution in [0.1, 0.15) is 74.0 Å². The molecule has 0 atom stereocenters. The molecule has 0 radical (unpaired) electrons. The van der Waals surface area contributed by atoms with Gasteiger partial charge in [-0.3, -0.25) is 0 Å². The van der Waals surface area contributed by atoms with E-state index in [2.05, 4.69) is 19.1 Å². The molecule has 1 aromatic heterocycles. The summed E-state index contributed by atoms with van der Waals surface area (Å²) in [5.74, 6) is 0.837. The topological polar surface area (TPSA) is 0 Å². The molecular weight excluding hydrogens is 272 g/mol. The number of unbranched alkanes of at least 4 members (excludes halogenated alkanes) is 9. The van der Waals surface area contributed by atoms with E-state index in [4.69, 9.17) is 11.6 Å². The Hall–Kier alpha value is -0.0100. The van der Waals surface area contributed by atoms with E-state index in [1.54, 1.807) is 4.88 Å². The number of rotatable bonds is 12. The minimum atomic E-state index is 0.837. The lowest BCUT2D eigenvalue weighted by Crippen LogP contribution is -1.84. The second-order valence-corrected chi connectivity index (χ2v) is 7.24. The maximum Gasteiger partial charge on any atom is 0.0223 e. The lowest BCUT2D eigenvalue weighted by atomic mass is 10.1. The maximum atomic E-state index is 5.66. The van der Waals surface area contributed by atoms with E-state index in [0.717, 1.165) is 5.88 Å². The van der Waals surface area contributed by atoms with Gasteiger partial charge in [-0.1, -0.05) is 51.4 Å². The molecule has 0 aliphatic carbocycles. The first kappa shape index (κ1) is 17.0. The van der Waals surface area contributed by atoms with Crippen molar-refractivity contribution in [3.63, 3.8) is 0 Å². The zero-order valence-corrected chi connectivity index (χ0v) is 14.0. The Morgan fingerprint density at radius 2 is 1.32 bits per heavy atom. The third kappa shape index (κ3) is 9.51. The SMILES string of the molecule is Cc1ccc(CCCCCCCCCCCCCl)s1. The van der Waals surface area contributed by atoms with Crippen molar-refractivity contribution in [2.45, 2.75) is 77.6 Å². The molecule has 0 unspecified atom stereocenters. The van der Waals surface area contributed by atoms with E-state index in [-0.39, 0.29) is 0 Å². The Balaban J connectivity index is 1.79. The van der Waals surface area contributed by atoms with E-state index in [1.807, 2.05) is 11.3 Å². The summed E-state index contributed by atoms with van der Waals surface area (Å²) in [4.78, 5) is 3.01. The molecule has 0 amide bonds. The van der Waals surface area contributed by atoms with Gasteiger partial charge < -0.3 is 0 Å². The molecule has 0 aliphatic heterocycles. The first-order chi connectivity index (χ1) is 9.33. The minimum absolute atomic E-state index is 0.837. The highest BCUT2D eigenvalue weighted by Gasteiger charge is 1.97. The van der Waals surface area contributed by atoms with Crippen LogP contribution in [0, 0.1) is 6.92 Å². The monoisotopic (exact) mass is 300 g/mol. The van der Waals surface area contributed by atoms with Crippen molar-refractivity contribution in [1.82, 2.24) is 0 Å². The third-order valence-electron chi connectivity index (χ3n) is 3.60. The largest absolute Gasteiger partial charge is 0.146 e. The third-order valence-corrected chi connectivity index (χ3v) is 4.93. The van der Waals surface area contributed by atoms with Crippen molar-refractivity contribution in [1.29, 1.82) is 0 Å². The number of aryl methyl sites for hydroxylation is 2. The van der Waals surface area contributed by atoms with Crippen LogP contribution in [0.2, 0.25) is 0 Å². The standard InChI is InChI=1S/C17H29ClS/c1-16-13-14-17(19-16)12-10-8-6-4-2-3-5-7-9-11-15-18/h13-14H,2-12,15H2,1H3. The number of halogens is 1. The second-order valence-electron chi connectivity index (χ2n) is 5.49. The number of hydrogen-bond donors (Lipinski definition) is 0. The van der Waals surface area contributed by atoms with Crippen LogP contribution in [-0.2, 0) is 6.42 Å². The molecule has 0 fully saturated rings. The molecule has 2 heteroatoms. The van der Waals surface area contributed by atoms with Gasteiger partial charge in [-0.25, -0.2) is 0 Å². The van der Waals surface area contributed by atoms with Gasteiger partial charge in [0, 0.05) is 15.6 Å². The molecule has 1 rings (SSSR count). The summed E-state index contributed by atoms with van der Waals surface area (Å²) in [5, 5.41) is 0. The van der Waals surface area contributed by atoms with Crippen LogP contribution in [0.15, 0.2) is 12.1 Å². The van der Waals surface area contributed by atoms with Crippen LogP contribution in [0.3, 0.4) is 0 Å². The van der Waals surface area contributed by atoms with Crippen molar-refractivity contribution in [2.75, 3.05) is 5.88 Å². The highest BCUT2D eigenvalue weighted by atomic mass is 35.5. The normalized spacial score (nSPS) is 11.1. The van der Waals surface area contributed by atoms with Crippen LogP contribution in [-0.4, -0.2) is 5.88 Å². The molecule has 0 saturated carbocycles. The molecule has 110 valence electrons. The summed E-state index contributed by atoms with van der Waals surface area (Å²) in [6, 6.07) is 4.53. The van der Waals surface area contributed by atoms with E-state index in [0.29, 0.717) is 0 Å². The van der Waals surface area contributed by atoms with Gasteiger partial charge in [-0.15, -0.1) is 22.9 Å². The lowest BCUT2D eigenvalue weighted by Gasteiger charge is -2.02. The average molecular weight is 301 g/mol. The molecule has 0 saturated heterocycles. The summed E-state index contributed by atoms with van der Waals surface area (Å²) in [5.41, 5.74) is 0. The van der Waals surface area contributed by atoms with E-state index in [1.165, 1.54) is 75.5 Å². The quantitative estimate of drug-likeness (QED) is 0.296. The zero-order valence-electron chi connectivity index (χ0n) is 12.4. The molecule has 0 aromatic carbocycles. The summed E-state index contributed by atoms with van der Waals surface area (Å²) in [7, 11) is 0. The first-order valence-electron chi connectivity index (χ1n) is 7.94. The maximum absolute atomic E-state index is 5.66. The summed E-state index contributed by atoms with van der Waals surface area (Å²) < 4.78 is 0. The van der Waals surface area contributed by atoms with Crippen LogP contribution in [0.25, 0.3) is 0 Å². The smallest absolute Gasteiger partial charge is 0.0223 e. The minimum Gasteiger partial charge on any atom is -0.146 e. The predicted molar refractivity (Wildman–Crippen MR) is 89.7 cm³/mol. The Morgan fingerprint density at radius 3 is 1.79 bits per heavy atom. The van der Waals surface area contributed by atoms with E-state index >= 15 is 0 Å². The van der Waals surface area contributed by atoms with Crippen molar-refractivity contribution < 1.29 is 0 Å². The lowest BCUT2D eigenvalue weighted by molar-refractivity contribution is 0.557. The van der Waals surface area contributed by atoms with Crippen LogP contribution in [0.4, 0.5) is 0 Å². The van der Waals surface area contributed by atoms with Gasteiger partial charge in [0.1, 0.15) is 0 Å². The molecule has 0 spiro atoms. The predicted octanol–water partition coefficient (Wildman–Crippen LogP) is 6.74. The molecule has 0 bridgehead atoms. The fourth-order valence-corrected chi connectivity index (χ4v) is 3.55. The molecule has 0 aliphatic rings. The number of alkyl halides is 1. The Labute approximate surface area is 128 Å². The van der Waals surface area contributed by atoms with Gasteiger partial charge in [0.2, 0.25) is 0 Å². The van der Waals surface area contributed by atoms with Crippen molar-refractivity contribution >= 4 is 22.9 Å². The van der Waals surface area contributed by atoms with E-state index < -0.39 is 0 Å². The average Bonchev–Trinajstić information content (AvgIpc) is 2.82. The highest BCUT2D eigenvalue weighted by Crippen LogP contribution is 2.18. The van der Waals surface area contributed by atoms with Gasteiger partial charge in [0.05, 0.1) is 0 Å². The molecule has 19 heavy (non-hydrogen) atoms. The Kier molecular flexibility index (Phi) is 10.6. The second kappa shape index (κ2) is 11.8. The van der Waals surface area contributed by atoms with Crippen molar-refractivity contribution in [3.8, 4) is 0 Å². The first-order valence-corrected chi connectivity index (χ1v) is 9.29. The molecular formula is C17H29ClS. The number of thiophene rings is 1. The molecule has 0 nitrogen and oxygen atoms in total. The molecule has 0 N–H and O–H groups in total. The summed E-state index contributed by atoms with van der Waals surface area (Å²) in [6.45, 7) is 2.20. The van der Waals surface area contributed by atoms with Gasteiger partial charge in [-0.2, -0.15) is 0 Å². The van der Waals surface area contributed by atoms with Crippen LogP contribution >= 0.6 is 22.9 Å². The van der Waals surface area contributed by atoms with Crippen LogP contribution < -0.4 is 0 Å². The van der Waals surface area contributed by atoms with E-state index in [9.17, 15) is 0 Å². The molecule has 1 aromatic rings. The fraction of sp³-hybridized carbons (Fsp3) is 0.765. The van der Waals surface area contributed by atoms with Gasteiger partial charge >= 0.3 is 0 Å². The zero-order chi connectivity index (χ0) is 13.8. The Bertz CT molecular complexity index is 306. The molecule has 1 heterocycles. The van der Waals surface area contributed by atoms with Crippen molar-refractivity contribution in [3.05, 3.63) is 21.9 Å². The van der Waals surface area contributed by atoms with Gasteiger partial charge in [0.25, 0.3) is 0 Å². The summed E-state index contributed by atoms with van der Waals surface area (Å²) in [6.07, 6.45) is 15.1. The number of hydrogen-bond acceptors (Lipinski definition) is 1. The van der Waals surface area contributed by atoms with Crippen LogP contribution in [0.5, 0.6) is 0 Å². The highest BCUT2D eigenvalue weighted by molar-refractivity contribution is 7.11. The summed E-state index contributed by atoms with van der Waals surface area (Å²) >= 11 is 7.62. The van der Waals surface area contributed by atoms with Crippen molar-refractivity contribution in [2.24, 2.45) is 0 Å².